The van der Waals surface area contributed by atoms with E-state index in [-0.39, 0.29) is 12.0 Å². The number of carbonyl (C=O) groups is 2. The van der Waals surface area contributed by atoms with Crippen molar-refractivity contribution in [3.8, 4) is 11.8 Å². The number of hydrogen-bond acceptors (Lipinski definition) is 3. The highest BCUT2D eigenvalue weighted by Gasteiger charge is 2.23. The van der Waals surface area contributed by atoms with Crippen LogP contribution in [0.1, 0.15) is 44.1 Å². The second-order valence-electron chi connectivity index (χ2n) is 6.60. The van der Waals surface area contributed by atoms with Gasteiger partial charge in [0.1, 0.15) is 6.61 Å². The smallest absolute Gasteiger partial charge is 0.414 e. The molecule has 0 radical (unpaired) electrons. The van der Waals surface area contributed by atoms with E-state index in [1.807, 2.05) is 24.3 Å². The molecule has 0 atom stereocenters. The van der Waals surface area contributed by atoms with E-state index in [1.165, 1.54) is 32.1 Å². The molecule has 1 saturated heterocycles. The summed E-state index contributed by atoms with van der Waals surface area (Å²) >= 11 is 0. The zero-order valence-electron chi connectivity index (χ0n) is 14.4. The molecule has 3 rings (SSSR count). The van der Waals surface area contributed by atoms with E-state index in [2.05, 4.69) is 17.2 Å². The third-order valence-electron chi connectivity index (χ3n) is 4.75. The van der Waals surface area contributed by atoms with E-state index < -0.39 is 0 Å². The van der Waals surface area contributed by atoms with E-state index in [9.17, 15) is 9.59 Å². The maximum absolute atomic E-state index is 11.9. The fraction of sp³-hybridized carbons (Fsp3) is 0.500. The molecule has 1 N–H and O–H groups in total. The van der Waals surface area contributed by atoms with Crippen molar-refractivity contribution in [2.75, 3.05) is 24.6 Å². The number of nitrogens with zero attached hydrogens (tertiary/aromatic N) is 1. The highest BCUT2D eigenvalue weighted by atomic mass is 16.6. The van der Waals surface area contributed by atoms with Crippen LogP contribution in [0.25, 0.3) is 0 Å². The summed E-state index contributed by atoms with van der Waals surface area (Å²) in [4.78, 5) is 25.0. The lowest BCUT2D eigenvalue weighted by atomic mass is 9.87. The Morgan fingerprint density at radius 3 is 2.64 bits per heavy atom. The molecule has 0 unspecified atom stereocenters. The van der Waals surface area contributed by atoms with Crippen molar-refractivity contribution >= 4 is 17.7 Å². The molecule has 5 heteroatoms. The molecule has 0 spiro atoms. The normalized spacial score (nSPS) is 17.6. The largest absolute Gasteiger partial charge is 0.447 e. The first-order valence-electron chi connectivity index (χ1n) is 9.02. The molecule has 2 fully saturated rings. The van der Waals surface area contributed by atoms with Crippen molar-refractivity contribution in [1.82, 2.24) is 5.32 Å². The fourth-order valence-electron chi connectivity index (χ4n) is 3.37. The number of benzene rings is 1. The second-order valence-corrected chi connectivity index (χ2v) is 6.60. The van der Waals surface area contributed by atoms with Crippen molar-refractivity contribution in [1.29, 1.82) is 0 Å². The van der Waals surface area contributed by atoms with Gasteiger partial charge in [-0.05, 0) is 43.0 Å². The van der Waals surface area contributed by atoms with Crippen molar-refractivity contribution < 1.29 is 14.3 Å². The summed E-state index contributed by atoms with van der Waals surface area (Å²) in [5.41, 5.74) is 1.67. The van der Waals surface area contributed by atoms with Gasteiger partial charge in [-0.1, -0.05) is 31.1 Å². The van der Waals surface area contributed by atoms with Crippen LogP contribution in [0.2, 0.25) is 0 Å². The van der Waals surface area contributed by atoms with Crippen molar-refractivity contribution in [2.24, 2.45) is 5.92 Å². The lowest BCUT2D eigenvalue weighted by molar-refractivity contribution is -0.122. The third kappa shape index (κ3) is 4.99. The molecular weight excluding hydrogens is 316 g/mol. The Balaban J connectivity index is 1.43. The zero-order chi connectivity index (χ0) is 17.5. The highest BCUT2D eigenvalue weighted by molar-refractivity contribution is 5.89. The number of rotatable bonds is 4. The Labute approximate surface area is 148 Å². The topological polar surface area (TPSA) is 58.6 Å². The van der Waals surface area contributed by atoms with Gasteiger partial charge in [0.25, 0.3) is 0 Å². The van der Waals surface area contributed by atoms with E-state index in [4.69, 9.17) is 4.74 Å². The first-order chi connectivity index (χ1) is 12.2. The number of anilines is 1. The van der Waals surface area contributed by atoms with E-state index in [0.717, 1.165) is 11.3 Å². The van der Waals surface area contributed by atoms with Gasteiger partial charge in [0, 0.05) is 17.7 Å². The molecule has 1 heterocycles. The second kappa shape index (κ2) is 8.57. The maximum Gasteiger partial charge on any atom is 0.414 e. The number of ether oxygens (including phenoxy) is 1. The third-order valence-corrected chi connectivity index (χ3v) is 4.75. The molecule has 1 aliphatic heterocycles. The van der Waals surface area contributed by atoms with Crippen LogP contribution in [0.3, 0.4) is 0 Å². The van der Waals surface area contributed by atoms with Crippen LogP contribution >= 0.6 is 0 Å². The lowest BCUT2D eigenvalue weighted by Gasteiger charge is -2.20. The van der Waals surface area contributed by atoms with Gasteiger partial charge in [-0.25, -0.2) is 4.79 Å². The van der Waals surface area contributed by atoms with Crippen LogP contribution in [0, 0.1) is 17.8 Å². The molecule has 2 aliphatic rings. The summed E-state index contributed by atoms with van der Waals surface area (Å²) in [5, 5.41) is 2.88. The van der Waals surface area contributed by atoms with Gasteiger partial charge < -0.3 is 10.1 Å². The molecule has 1 aromatic rings. The number of carbonyl (C=O) groups excluding carboxylic acids is 2. The summed E-state index contributed by atoms with van der Waals surface area (Å²) in [6, 6.07) is 7.46. The minimum absolute atomic E-state index is 0.101. The molecule has 1 saturated carbocycles. The molecule has 0 aromatic heterocycles. The first-order valence-corrected chi connectivity index (χ1v) is 9.02. The van der Waals surface area contributed by atoms with Crippen molar-refractivity contribution in [3.63, 3.8) is 0 Å². The zero-order valence-corrected chi connectivity index (χ0v) is 14.4. The van der Waals surface area contributed by atoms with Crippen LogP contribution in [0.15, 0.2) is 24.3 Å². The molecule has 0 bridgehead atoms. The summed E-state index contributed by atoms with van der Waals surface area (Å²) in [7, 11) is 0. The van der Waals surface area contributed by atoms with Crippen LogP contribution in [0.5, 0.6) is 0 Å². The van der Waals surface area contributed by atoms with Crippen molar-refractivity contribution in [2.45, 2.75) is 38.5 Å². The maximum atomic E-state index is 11.9. The Kier molecular flexibility index (Phi) is 5.95. The van der Waals surface area contributed by atoms with Crippen molar-refractivity contribution in [3.05, 3.63) is 29.8 Å². The fourth-order valence-corrected chi connectivity index (χ4v) is 3.37. The summed E-state index contributed by atoms with van der Waals surface area (Å²) in [6.07, 6.45) is 6.49. The van der Waals surface area contributed by atoms with Crippen LogP contribution in [-0.2, 0) is 9.53 Å². The van der Waals surface area contributed by atoms with Gasteiger partial charge in [-0.15, -0.1) is 0 Å². The SMILES string of the molecule is O=C(CC1CCCCC1)NCC#Cc1ccc(N2CCOC2=O)cc1. The van der Waals surface area contributed by atoms with E-state index in [1.54, 1.807) is 4.90 Å². The molecule has 1 aliphatic carbocycles. The van der Waals surface area contributed by atoms with Gasteiger partial charge in [-0.3, -0.25) is 9.69 Å². The molecule has 2 amide bonds. The summed E-state index contributed by atoms with van der Waals surface area (Å²) in [6.45, 7) is 1.38. The van der Waals surface area contributed by atoms with Crippen LogP contribution in [-0.4, -0.2) is 31.7 Å². The number of amides is 2. The van der Waals surface area contributed by atoms with Gasteiger partial charge in [0.2, 0.25) is 5.91 Å². The summed E-state index contributed by atoms with van der Waals surface area (Å²) < 4.78 is 4.93. The quantitative estimate of drug-likeness (QED) is 0.857. The molecule has 1 aromatic carbocycles. The minimum Gasteiger partial charge on any atom is -0.447 e. The Bertz CT molecular complexity index is 666. The predicted octanol–water partition coefficient (Wildman–Crippen LogP) is 3.08. The molecule has 25 heavy (non-hydrogen) atoms. The number of cyclic esters (lactones) is 1. The standard InChI is InChI=1S/C20H24N2O3/c23-19(15-17-5-2-1-3-6-17)21-12-4-7-16-8-10-18(11-9-16)22-13-14-25-20(22)24/h8-11,17H,1-3,5-6,12-15H2,(H,21,23). The Morgan fingerprint density at radius 1 is 1.20 bits per heavy atom. The molecule has 132 valence electrons. The Hall–Kier alpha value is -2.48. The minimum atomic E-state index is -0.306. The van der Waals surface area contributed by atoms with E-state index >= 15 is 0 Å². The molecular formula is C20H24N2O3. The van der Waals surface area contributed by atoms with E-state index in [0.29, 0.717) is 32.0 Å². The highest BCUT2D eigenvalue weighted by Crippen LogP contribution is 2.26. The average Bonchev–Trinajstić information content (AvgIpc) is 3.06. The molecule has 5 nitrogen and oxygen atoms in total. The van der Waals surface area contributed by atoms with Gasteiger partial charge >= 0.3 is 6.09 Å². The van der Waals surface area contributed by atoms with Crippen LogP contribution < -0.4 is 10.2 Å². The average molecular weight is 340 g/mol. The number of hydrogen-bond donors (Lipinski definition) is 1. The van der Waals surface area contributed by atoms with Crippen LogP contribution in [0.4, 0.5) is 10.5 Å². The van der Waals surface area contributed by atoms with Gasteiger partial charge in [0.15, 0.2) is 0 Å². The predicted molar refractivity (Wildman–Crippen MR) is 96.2 cm³/mol. The Morgan fingerprint density at radius 2 is 1.96 bits per heavy atom. The number of nitrogens with one attached hydrogen (secondary N) is 1. The lowest BCUT2D eigenvalue weighted by Crippen LogP contribution is -2.26. The first kappa shape index (κ1) is 17.3. The van der Waals surface area contributed by atoms with Gasteiger partial charge in [0.05, 0.1) is 13.1 Å². The monoisotopic (exact) mass is 340 g/mol. The van der Waals surface area contributed by atoms with Gasteiger partial charge in [-0.2, -0.15) is 0 Å². The summed E-state index contributed by atoms with van der Waals surface area (Å²) in [5.74, 6) is 6.66.